The van der Waals surface area contributed by atoms with Crippen molar-refractivity contribution in [3.8, 4) is 0 Å². The minimum atomic E-state index is -0.145. The van der Waals surface area contributed by atoms with Gasteiger partial charge in [0.25, 0.3) is 0 Å². The molecule has 0 aromatic rings. The molecule has 0 spiro atoms. The summed E-state index contributed by atoms with van der Waals surface area (Å²) in [5, 5.41) is 2.52. The monoisotopic (exact) mass is 241 g/mol. The van der Waals surface area contributed by atoms with E-state index in [1.807, 2.05) is 0 Å². The van der Waals surface area contributed by atoms with Crippen LogP contribution in [0, 0.1) is 11.8 Å². The number of hydrogen-bond donors (Lipinski definition) is 2. The number of nitrogens with one attached hydrogen (secondary N) is 1. The van der Waals surface area contributed by atoms with Gasteiger partial charge in [-0.1, -0.05) is 6.92 Å². The SMILES string of the molecule is CNC(=O)CN(C)C(=O)C1CC(N)CCC1C. The number of hydrogen-bond acceptors (Lipinski definition) is 3. The zero-order chi connectivity index (χ0) is 13.0. The standard InChI is InChI=1S/C12H23N3O2/c1-8-4-5-9(13)6-10(8)12(17)15(3)7-11(16)14-2/h8-10H,4-7,13H2,1-3H3,(H,14,16). The summed E-state index contributed by atoms with van der Waals surface area (Å²) in [6, 6.07) is 0.119. The maximum absolute atomic E-state index is 12.2. The zero-order valence-electron chi connectivity index (χ0n) is 10.9. The van der Waals surface area contributed by atoms with Gasteiger partial charge in [-0.3, -0.25) is 9.59 Å². The molecule has 0 radical (unpaired) electrons. The fraction of sp³-hybridized carbons (Fsp3) is 0.833. The molecule has 1 aliphatic carbocycles. The molecule has 1 aliphatic rings. The van der Waals surface area contributed by atoms with E-state index in [2.05, 4.69) is 12.2 Å². The maximum Gasteiger partial charge on any atom is 0.239 e. The number of carbonyl (C=O) groups excluding carboxylic acids is 2. The average Bonchev–Trinajstić information content (AvgIpc) is 2.31. The third kappa shape index (κ3) is 3.70. The molecule has 98 valence electrons. The molecule has 3 atom stereocenters. The quantitative estimate of drug-likeness (QED) is 0.727. The molecule has 1 saturated carbocycles. The molecule has 3 unspecified atom stereocenters. The molecule has 0 bridgehead atoms. The highest BCUT2D eigenvalue weighted by Crippen LogP contribution is 2.30. The van der Waals surface area contributed by atoms with Crippen molar-refractivity contribution in [2.45, 2.75) is 32.2 Å². The number of amides is 2. The Bertz CT molecular complexity index is 293. The second-order valence-electron chi connectivity index (χ2n) is 5.02. The first-order valence-corrected chi connectivity index (χ1v) is 6.16. The van der Waals surface area contributed by atoms with Crippen LogP contribution >= 0.6 is 0 Å². The number of rotatable bonds is 3. The number of nitrogens with two attached hydrogens (primary N) is 1. The lowest BCUT2D eigenvalue weighted by Gasteiger charge is -2.33. The molecule has 0 heterocycles. The van der Waals surface area contributed by atoms with Crippen molar-refractivity contribution in [1.82, 2.24) is 10.2 Å². The van der Waals surface area contributed by atoms with Gasteiger partial charge in [-0.15, -0.1) is 0 Å². The molecule has 17 heavy (non-hydrogen) atoms. The molecule has 5 heteroatoms. The highest BCUT2D eigenvalue weighted by atomic mass is 16.2. The first-order chi connectivity index (χ1) is 7.95. The van der Waals surface area contributed by atoms with Crippen LogP contribution in [0.2, 0.25) is 0 Å². The number of nitrogens with zero attached hydrogens (tertiary/aromatic N) is 1. The smallest absolute Gasteiger partial charge is 0.239 e. The van der Waals surface area contributed by atoms with E-state index >= 15 is 0 Å². The summed E-state index contributed by atoms with van der Waals surface area (Å²) in [4.78, 5) is 24.9. The van der Waals surface area contributed by atoms with E-state index in [9.17, 15) is 9.59 Å². The predicted octanol–water partition coefficient (Wildman–Crippen LogP) is -0.0457. The molecule has 5 nitrogen and oxygen atoms in total. The van der Waals surface area contributed by atoms with Crippen LogP contribution in [0.3, 0.4) is 0 Å². The van der Waals surface area contributed by atoms with Gasteiger partial charge in [-0.05, 0) is 25.2 Å². The van der Waals surface area contributed by atoms with Crippen LogP contribution in [-0.2, 0) is 9.59 Å². The van der Waals surface area contributed by atoms with Crippen molar-refractivity contribution < 1.29 is 9.59 Å². The Labute approximate surface area is 103 Å². The van der Waals surface area contributed by atoms with Gasteiger partial charge in [-0.2, -0.15) is 0 Å². The molecular formula is C12H23N3O2. The van der Waals surface area contributed by atoms with E-state index in [0.717, 1.165) is 19.3 Å². The van der Waals surface area contributed by atoms with E-state index in [-0.39, 0.29) is 30.3 Å². The third-order valence-electron chi connectivity index (χ3n) is 3.59. The topological polar surface area (TPSA) is 75.4 Å². The number of likely N-dealkylation sites (N-methyl/N-ethyl adjacent to an activating group) is 2. The Morgan fingerprint density at radius 2 is 2.06 bits per heavy atom. The van der Waals surface area contributed by atoms with Crippen LogP contribution in [0.25, 0.3) is 0 Å². The van der Waals surface area contributed by atoms with Crippen molar-refractivity contribution in [2.24, 2.45) is 17.6 Å². The minimum Gasteiger partial charge on any atom is -0.358 e. The van der Waals surface area contributed by atoms with E-state index < -0.39 is 0 Å². The van der Waals surface area contributed by atoms with E-state index in [1.165, 1.54) is 4.90 Å². The summed E-state index contributed by atoms with van der Waals surface area (Å²) < 4.78 is 0. The fourth-order valence-corrected chi connectivity index (χ4v) is 2.35. The summed E-state index contributed by atoms with van der Waals surface area (Å²) in [6.45, 7) is 2.20. The molecule has 0 aromatic heterocycles. The number of carbonyl (C=O) groups is 2. The largest absolute Gasteiger partial charge is 0.358 e. The lowest BCUT2D eigenvalue weighted by atomic mass is 9.77. The Kier molecular flexibility index (Phi) is 4.93. The first kappa shape index (κ1) is 14.0. The Balaban J connectivity index is 2.58. The van der Waals surface area contributed by atoms with Gasteiger partial charge in [0.2, 0.25) is 11.8 Å². The van der Waals surface area contributed by atoms with Crippen molar-refractivity contribution in [1.29, 1.82) is 0 Å². The second kappa shape index (κ2) is 6.00. The molecule has 3 N–H and O–H groups in total. The molecule has 1 rings (SSSR count). The molecule has 0 saturated heterocycles. The van der Waals surface area contributed by atoms with Crippen LogP contribution < -0.4 is 11.1 Å². The summed E-state index contributed by atoms with van der Waals surface area (Å²) in [7, 11) is 3.24. The van der Waals surface area contributed by atoms with E-state index in [0.29, 0.717) is 5.92 Å². The van der Waals surface area contributed by atoms with Crippen LogP contribution in [0.5, 0.6) is 0 Å². The predicted molar refractivity (Wildman–Crippen MR) is 66.2 cm³/mol. The van der Waals surface area contributed by atoms with Gasteiger partial charge >= 0.3 is 0 Å². The normalized spacial score (nSPS) is 28.6. The van der Waals surface area contributed by atoms with Crippen molar-refractivity contribution in [3.63, 3.8) is 0 Å². The Morgan fingerprint density at radius 1 is 1.41 bits per heavy atom. The lowest BCUT2D eigenvalue weighted by molar-refractivity contribution is -0.140. The maximum atomic E-state index is 12.2. The fourth-order valence-electron chi connectivity index (χ4n) is 2.35. The molecule has 0 aliphatic heterocycles. The average molecular weight is 241 g/mol. The van der Waals surface area contributed by atoms with Crippen LogP contribution in [0.15, 0.2) is 0 Å². The molecule has 0 aromatic carbocycles. The van der Waals surface area contributed by atoms with Gasteiger partial charge in [0.05, 0.1) is 6.54 Å². The van der Waals surface area contributed by atoms with Gasteiger partial charge in [0.15, 0.2) is 0 Å². The molecule has 2 amide bonds. The summed E-state index contributed by atoms with van der Waals surface area (Å²) >= 11 is 0. The Hall–Kier alpha value is -1.10. The van der Waals surface area contributed by atoms with Crippen LogP contribution in [0.1, 0.15) is 26.2 Å². The summed E-state index contributed by atoms with van der Waals surface area (Å²) in [5.41, 5.74) is 5.90. The second-order valence-corrected chi connectivity index (χ2v) is 5.02. The Morgan fingerprint density at radius 3 is 2.65 bits per heavy atom. The summed E-state index contributed by atoms with van der Waals surface area (Å²) in [6.07, 6.45) is 2.72. The van der Waals surface area contributed by atoms with Crippen LogP contribution in [-0.4, -0.2) is 43.4 Å². The van der Waals surface area contributed by atoms with Gasteiger partial charge in [0.1, 0.15) is 0 Å². The van der Waals surface area contributed by atoms with E-state index in [1.54, 1.807) is 14.1 Å². The summed E-state index contributed by atoms with van der Waals surface area (Å²) in [5.74, 6) is 0.215. The highest BCUT2D eigenvalue weighted by Gasteiger charge is 2.33. The zero-order valence-corrected chi connectivity index (χ0v) is 10.9. The van der Waals surface area contributed by atoms with Gasteiger partial charge in [0, 0.05) is 26.1 Å². The molecule has 1 fully saturated rings. The van der Waals surface area contributed by atoms with Crippen LogP contribution in [0.4, 0.5) is 0 Å². The van der Waals surface area contributed by atoms with Gasteiger partial charge in [-0.25, -0.2) is 0 Å². The van der Waals surface area contributed by atoms with Gasteiger partial charge < -0.3 is 16.0 Å². The third-order valence-corrected chi connectivity index (χ3v) is 3.59. The minimum absolute atomic E-state index is 0.0339. The van der Waals surface area contributed by atoms with Crippen molar-refractivity contribution >= 4 is 11.8 Å². The van der Waals surface area contributed by atoms with E-state index in [4.69, 9.17) is 5.73 Å². The highest BCUT2D eigenvalue weighted by molar-refractivity contribution is 5.85. The van der Waals surface area contributed by atoms with Crippen molar-refractivity contribution in [2.75, 3.05) is 20.6 Å². The lowest BCUT2D eigenvalue weighted by Crippen LogP contribution is -2.45. The first-order valence-electron chi connectivity index (χ1n) is 6.16. The van der Waals surface area contributed by atoms with Crippen molar-refractivity contribution in [3.05, 3.63) is 0 Å². The molecular weight excluding hydrogens is 218 g/mol.